The predicted octanol–water partition coefficient (Wildman–Crippen LogP) is 4.42. The molecule has 0 spiro atoms. The molecule has 0 aromatic heterocycles. The summed E-state index contributed by atoms with van der Waals surface area (Å²) in [5.41, 5.74) is -0.556. The molecule has 0 aliphatic carbocycles. The van der Waals surface area contributed by atoms with Crippen molar-refractivity contribution >= 4 is 34.2 Å². The van der Waals surface area contributed by atoms with E-state index in [-0.39, 0.29) is 5.02 Å². The molecule has 1 aromatic rings. The van der Waals surface area contributed by atoms with E-state index in [4.69, 9.17) is 23.2 Å². The number of hydrogen-bond donors (Lipinski definition) is 1. The van der Waals surface area contributed by atoms with Gasteiger partial charge in [0.1, 0.15) is 5.82 Å². The van der Waals surface area contributed by atoms with Crippen molar-refractivity contribution in [2.75, 3.05) is 0 Å². The van der Waals surface area contributed by atoms with Gasteiger partial charge in [0.15, 0.2) is 0 Å². The minimum absolute atomic E-state index is 0.0427. The van der Waals surface area contributed by atoms with Crippen molar-refractivity contribution < 1.29 is 8.60 Å². The van der Waals surface area contributed by atoms with Gasteiger partial charge in [0.05, 0.1) is 26.3 Å². The Labute approximate surface area is 126 Å². The minimum atomic E-state index is -1.33. The zero-order chi connectivity index (χ0) is 15.0. The standard InChI is InChI=1S/C13H18Cl2FNOS/c1-12(2,3)19(18)17-13(4,5)9-6-8(14)7-10(15)11(9)16/h6-7,17H,1-5H3. The summed E-state index contributed by atoms with van der Waals surface area (Å²) in [6.07, 6.45) is 0. The van der Waals surface area contributed by atoms with Gasteiger partial charge in [-0.1, -0.05) is 23.2 Å². The Bertz CT molecular complexity index is 512. The molecule has 0 bridgehead atoms. The molecule has 1 N–H and O–H groups in total. The van der Waals surface area contributed by atoms with E-state index < -0.39 is 27.1 Å². The first kappa shape index (κ1) is 16.9. The maximum atomic E-state index is 14.1. The third-order valence-electron chi connectivity index (χ3n) is 2.57. The second-order valence-corrected chi connectivity index (χ2v) is 8.67. The lowest BCUT2D eigenvalue weighted by Gasteiger charge is -2.31. The smallest absolute Gasteiger partial charge is 0.146 e. The van der Waals surface area contributed by atoms with Crippen molar-refractivity contribution in [3.8, 4) is 0 Å². The van der Waals surface area contributed by atoms with Gasteiger partial charge in [0, 0.05) is 10.6 Å². The van der Waals surface area contributed by atoms with Gasteiger partial charge in [-0.3, -0.25) is 0 Å². The van der Waals surface area contributed by atoms with Crippen LogP contribution in [0.5, 0.6) is 0 Å². The first-order valence-electron chi connectivity index (χ1n) is 5.80. The molecule has 0 saturated carbocycles. The second kappa shape index (κ2) is 5.68. The summed E-state index contributed by atoms with van der Waals surface area (Å²) in [5.74, 6) is -0.547. The molecule has 0 aliphatic heterocycles. The van der Waals surface area contributed by atoms with E-state index in [9.17, 15) is 8.60 Å². The Hall–Kier alpha value is -0.160. The van der Waals surface area contributed by atoms with Gasteiger partial charge in [-0.2, -0.15) is 0 Å². The van der Waals surface area contributed by atoms with Crippen LogP contribution in [-0.4, -0.2) is 8.96 Å². The minimum Gasteiger partial charge on any atom is -0.242 e. The Kier molecular flexibility index (Phi) is 5.05. The molecule has 1 rings (SSSR count). The molecule has 0 heterocycles. The quantitative estimate of drug-likeness (QED) is 0.819. The largest absolute Gasteiger partial charge is 0.242 e. The van der Waals surface area contributed by atoms with Crippen LogP contribution in [0.1, 0.15) is 40.2 Å². The van der Waals surface area contributed by atoms with Crippen LogP contribution in [0, 0.1) is 5.82 Å². The average Bonchev–Trinajstić information content (AvgIpc) is 2.21. The molecule has 1 unspecified atom stereocenters. The van der Waals surface area contributed by atoms with E-state index in [0.29, 0.717) is 10.6 Å². The van der Waals surface area contributed by atoms with Crippen molar-refractivity contribution in [2.24, 2.45) is 0 Å². The Morgan fingerprint density at radius 3 is 2.16 bits per heavy atom. The summed E-state index contributed by atoms with van der Waals surface area (Å²) in [7, 11) is -1.33. The second-order valence-electron chi connectivity index (χ2n) is 5.86. The summed E-state index contributed by atoms with van der Waals surface area (Å²) in [4.78, 5) is 0. The third-order valence-corrected chi connectivity index (χ3v) is 4.87. The van der Waals surface area contributed by atoms with Crippen LogP contribution in [0.3, 0.4) is 0 Å². The molecule has 108 valence electrons. The van der Waals surface area contributed by atoms with Gasteiger partial charge in [0.2, 0.25) is 0 Å². The van der Waals surface area contributed by atoms with Gasteiger partial charge in [-0.15, -0.1) is 0 Å². The van der Waals surface area contributed by atoms with E-state index >= 15 is 0 Å². The van der Waals surface area contributed by atoms with Gasteiger partial charge < -0.3 is 0 Å². The van der Waals surface area contributed by atoms with E-state index in [0.717, 1.165) is 0 Å². The van der Waals surface area contributed by atoms with Crippen LogP contribution >= 0.6 is 23.2 Å². The summed E-state index contributed by atoms with van der Waals surface area (Å²) in [6, 6.07) is 2.84. The van der Waals surface area contributed by atoms with E-state index in [1.165, 1.54) is 12.1 Å². The van der Waals surface area contributed by atoms with Crippen molar-refractivity contribution in [3.63, 3.8) is 0 Å². The summed E-state index contributed by atoms with van der Waals surface area (Å²) in [6.45, 7) is 9.00. The Balaban J connectivity index is 3.17. The number of halogens is 3. The molecular weight excluding hydrogens is 308 g/mol. The molecule has 1 atom stereocenters. The SMILES string of the molecule is CC(C)(NS(=O)C(C)(C)C)c1cc(Cl)cc(Cl)c1F. The maximum absolute atomic E-state index is 14.1. The number of hydrogen-bond acceptors (Lipinski definition) is 1. The fourth-order valence-electron chi connectivity index (χ4n) is 1.45. The number of benzene rings is 1. The van der Waals surface area contributed by atoms with E-state index in [2.05, 4.69) is 4.72 Å². The van der Waals surface area contributed by atoms with E-state index in [1.807, 2.05) is 20.8 Å². The monoisotopic (exact) mass is 325 g/mol. The summed E-state index contributed by atoms with van der Waals surface area (Å²) < 4.78 is 28.7. The van der Waals surface area contributed by atoms with Crippen LogP contribution < -0.4 is 4.72 Å². The van der Waals surface area contributed by atoms with Crippen molar-refractivity contribution in [1.82, 2.24) is 4.72 Å². The fraction of sp³-hybridized carbons (Fsp3) is 0.538. The van der Waals surface area contributed by atoms with Crippen molar-refractivity contribution in [2.45, 2.75) is 44.9 Å². The van der Waals surface area contributed by atoms with E-state index in [1.54, 1.807) is 13.8 Å². The highest BCUT2D eigenvalue weighted by Gasteiger charge is 2.31. The maximum Gasteiger partial charge on any atom is 0.146 e. The third kappa shape index (κ3) is 4.15. The fourth-order valence-corrected chi connectivity index (χ4v) is 2.82. The highest BCUT2D eigenvalue weighted by atomic mass is 35.5. The molecule has 0 amide bonds. The van der Waals surface area contributed by atoms with Crippen molar-refractivity contribution in [1.29, 1.82) is 0 Å². The molecular formula is C13H18Cl2FNOS. The average molecular weight is 326 g/mol. The normalized spacial score (nSPS) is 14.5. The Morgan fingerprint density at radius 1 is 1.16 bits per heavy atom. The molecule has 19 heavy (non-hydrogen) atoms. The van der Waals surface area contributed by atoms with Crippen LogP contribution in [0.4, 0.5) is 4.39 Å². The first-order chi connectivity index (χ1) is 8.45. The number of rotatable bonds is 3. The van der Waals surface area contributed by atoms with Crippen LogP contribution in [0.15, 0.2) is 12.1 Å². The lowest BCUT2D eigenvalue weighted by molar-refractivity contribution is 0.456. The molecule has 0 saturated heterocycles. The molecule has 6 heteroatoms. The van der Waals surface area contributed by atoms with Gasteiger partial charge in [-0.25, -0.2) is 13.3 Å². The molecule has 1 aromatic carbocycles. The first-order valence-corrected chi connectivity index (χ1v) is 7.70. The highest BCUT2D eigenvalue weighted by molar-refractivity contribution is 7.84. The number of nitrogens with one attached hydrogen (secondary N) is 1. The predicted molar refractivity (Wildman–Crippen MR) is 80.5 cm³/mol. The summed E-state index contributed by atoms with van der Waals surface area (Å²) in [5, 5.41) is 0.303. The van der Waals surface area contributed by atoms with Crippen LogP contribution in [0.25, 0.3) is 0 Å². The van der Waals surface area contributed by atoms with Crippen molar-refractivity contribution in [3.05, 3.63) is 33.6 Å². The molecule has 0 fully saturated rings. The molecule has 2 nitrogen and oxygen atoms in total. The Morgan fingerprint density at radius 2 is 1.68 bits per heavy atom. The summed E-state index contributed by atoms with van der Waals surface area (Å²) >= 11 is 11.7. The van der Waals surface area contributed by atoms with Crippen LogP contribution in [0.2, 0.25) is 10.0 Å². The lowest BCUT2D eigenvalue weighted by Crippen LogP contribution is -2.44. The zero-order valence-corrected chi connectivity index (χ0v) is 13.9. The molecule has 0 aliphatic rings. The van der Waals surface area contributed by atoms with Crippen LogP contribution in [-0.2, 0) is 16.5 Å². The van der Waals surface area contributed by atoms with Gasteiger partial charge >= 0.3 is 0 Å². The van der Waals surface area contributed by atoms with Gasteiger partial charge in [0.25, 0.3) is 0 Å². The highest BCUT2D eigenvalue weighted by Crippen LogP contribution is 2.32. The molecule has 0 radical (unpaired) electrons. The van der Waals surface area contributed by atoms with Gasteiger partial charge in [-0.05, 0) is 46.8 Å². The topological polar surface area (TPSA) is 29.1 Å². The zero-order valence-electron chi connectivity index (χ0n) is 11.6. The lowest BCUT2D eigenvalue weighted by atomic mass is 9.95.